The van der Waals surface area contributed by atoms with Crippen molar-refractivity contribution in [2.75, 3.05) is 125 Å². The maximum atomic E-state index is 13.0. The number of para-hydroxylation sites is 1. The van der Waals surface area contributed by atoms with Crippen molar-refractivity contribution in [3.63, 3.8) is 0 Å². The summed E-state index contributed by atoms with van der Waals surface area (Å²) < 4.78 is 91.7. The number of benzene rings is 2. The summed E-state index contributed by atoms with van der Waals surface area (Å²) in [5, 5.41) is 2.85. The summed E-state index contributed by atoms with van der Waals surface area (Å²) in [6, 6.07) is 11.1. The van der Waals surface area contributed by atoms with Gasteiger partial charge in [0.2, 0.25) is 0 Å². The standard InChI is InChI=1S/C33H46F3NO12/c1-40-31(38)26-48-22-21-46-18-17-44-14-13-42-10-9-41-11-12-43-15-16-45-19-20-47-23-24-49-32(39)29-7-2-3-8-30(29)37-28-6-4-5-27(25-28)33(34,35)36/h2-8,25,37H,9-24,26H2,1H3. The summed E-state index contributed by atoms with van der Waals surface area (Å²) >= 11 is 0. The molecule has 2 aromatic carbocycles. The molecule has 0 saturated carbocycles. The van der Waals surface area contributed by atoms with Crippen LogP contribution < -0.4 is 5.32 Å². The van der Waals surface area contributed by atoms with Crippen molar-refractivity contribution in [1.29, 1.82) is 0 Å². The Labute approximate surface area is 284 Å². The van der Waals surface area contributed by atoms with Crippen molar-refractivity contribution in [3.05, 3.63) is 59.7 Å². The number of carbonyl (C=O) groups excluding carboxylic acids is 2. The summed E-state index contributed by atoms with van der Waals surface area (Å²) in [5.74, 6) is -1.06. The van der Waals surface area contributed by atoms with E-state index in [1.807, 2.05) is 0 Å². The Morgan fingerprint density at radius 3 is 1.51 bits per heavy atom. The van der Waals surface area contributed by atoms with Crippen LogP contribution in [0.1, 0.15) is 15.9 Å². The summed E-state index contributed by atoms with van der Waals surface area (Å²) in [6.45, 7) is 5.56. The quantitative estimate of drug-likeness (QED) is 0.0968. The monoisotopic (exact) mass is 705 g/mol. The normalized spacial score (nSPS) is 11.4. The van der Waals surface area contributed by atoms with Crippen molar-refractivity contribution < 1.29 is 70.1 Å². The van der Waals surface area contributed by atoms with E-state index in [0.29, 0.717) is 98.2 Å². The highest BCUT2D eigenvalue weighted by Crippen LogP contribution is 2.32. The molecule has 2 rings (SSSR count). The molecule has 0 bridgehead atoms. The molecule has 0 amide bonds. The summed E-state index contributed by atoms with van der Waals surface area (Å²) in [6.07, 6.45) is -4.48. The van der Waals surface area contributed by atoms with Gasteiger partial charge in [0.15, 0.2) is 0 Å². The largest absolute Gasteiger partial charge is 0.467 e. The molecule has 0 aliphatic heterocycles. The van der Waals surface area contributed by atoms with Crippen molar-refractivity contribution in [2.45, 2.75) is 6.18 Å². The second kappa shape index (κ2) is 26.5. The Hall–Kier alpha value is -3.35. The Bertz CT molecular complexity index is 1170. The summed E-state index contributed by atoms with van der Waals surface area (Å²) in [7, 11) is 1.30. The number of hydrogen-bond donors (Lipinski definition) is 1. The van der Waals surface area contributed by atoms with Gasteiger partial charge in [0.25, 0.3) is 0 Å². The molecule has 0 spiro atoms. The number of methoxy groups -OCH3 is 1. The first kappa shape index (κ1) is 41.8. The predicted molar refractivity (Wildman–Crippen MR) is 170 cm³/mol. The molecule has 0 heterocycles. The minimum absolute atomic E-state index is 0.00662. The van der Waals surface area contributed by atoms with Gasteiger partial charge >= 0.3 is 18.1 Å². The third kappa shape index (κ3) is 20.7. The van der Waals surface area contributed by atoms with Gasteiger partial charge in [-0.1, -0.05) is 18.2 Å². The molecule has 2 aromatic rings. The Morgan fingerprint density at radius 1 is 0.592 bits per heavy atom. The Balaban J connectivity index is 1.35. The molecule has 0 aromatic heterocycles. The first-order valence-corrected chi connectivity index (χ1v) is 15.7. The number of carbonyl (C=O) groups is 2. The molecule has 49 heavy (non-hydrogen) atoms. The molecule has 0 fully saturated rings. The van der Waals surface area contributed by atoms with Gasteiger partial charge in [-0.3, -0.25) is 0 Å². The third-order valence-corrected chi connectivity index (χ3v) is 6.13. The first-order valence-electron chi connectivity index (χ1n) is 15.7. The van der Waals surface area contributed by atoms with Gasteiger partial charge in [-0.2, -0.15) is 13.2 Å². The number of hydrogen-bond acceptors (Lipinski definition) is 13. The minimum Gasteiger partial charge on any atom is -0.467 e. The smallest absolute Gasteiger partial charge is 0.416 e. The van der Waals surface area contributed by atoms with Crippen LogP contribution in [0, 0.1) is 0 Å². The van der Waals surface area contributed by atoms with E-state index in [9.17, 15) is 22.8 Å². The van der Waals surface area contributed by atoms with E-state index < -0.39 is 23.7 Å². The van der Waals surface area contributed by atoms with E-state index in [-0.39, 0.29) is 31.1 Å². The van der Waals surface area contributed by atoms with E-state index in [2.05, 4.69) is 10.1 Å². The Kier molecular flexibility index (Phi) is 22.6. The second-order valence-corrected chi connectivity index (χ2v) is 9.80. The van der Waals surface area contributed by atoms with Gasteiger partial charge in [0.1, 0.15) is 13.2 Å². The number of rotatable bonds is 29. The SMILES string of the molecule is COC(=O)COCCOCCOCCOCCOCCOCCOCCOCCOC(=O)c1ccccc1Nc1cccc(C(F)(F)F)c1. The lowest BCUT2D eigenvalue weighted by molar-refractivity contribution is -0.146. The number of anilines is 2. The maximum absolute atomic E-state index is 13.0. The number of esters is 2. The number of ether oxygens (including phenoxy) is 10. The molecule has 1 N–H and O–H groups in total. The van der Waals surface area contributed by atoms with Crippen LogP contribution in [0.4, 0.5) is 24.5 Å². The highest BCUT2D eigenvalue weighted by molar-refractivity contribution is 5.96. The summed E-state index contributed by atoms with van der Waals surface area (Å²) in [4.78, 5) is 23.4. The minimum atomic E-state index is -4.48. The zero-order chi connectivity index (χ0) is 35.4. The van der Waals surface area contributed by atoms with Crippen molar-refractivity contribution in [3.8, 4) is 0 Å². The van der Waals surface area contributed by atoms with Crippen LogP contribution >= 0.6 is 0 Å². The van der Waals surface area contributed by atoms with Crippen LogP contribution in [-0.2, 0) is 58.3 Å². The molecule has 0 unspecified atom stereocenters. The maximum Gasteiger partial charge on any atom is 0.416 e. The number of alkyl halides is 3. The summed E-state index contributed by atoms with van der Waals surface area (Å²) in [5.41, 5.74) is -0.106. The van der Waals surface area contributed by atoms with Gasteiger partial charge in [-0.05, 0) is 30.3 Å². The van der Waals surface area contributed by atoms with Crippen LogP contribution in [0.15, 0.2) is 48.5 Å². The van der Waals surface area contributed by atoms with Crippen LogP contribution in [0.3, 0.4) is 0 Å². The first-order chi connectivity index (χ1) is 23.8. The number of halogens is 3. The van der Waals surface area contributed by atoms with Gasteiger partial charge in [0.05, 0.1) is 123 Å². The molecule has 0 atom stereocenters. The average molecular weight is 706 g/mol. The molecule has 0 aliphatic rings. The fourth-order valence-electron chi connectivity index (χ4n) is 3.72. The van der Waals surface area contributed by atoms with Gasteiger partial charge in [-0.15, -0.1) is 0 Å². The van der Waals surface area contributed by atoms with Crippen molar-refractivity contribution >= 4 is 23.3 Å². The van der Waals surface area contributed by atoms with Crippen LogP contribution in [0.25, 0.3) is 0 Å². The average Bonchev–Trinajstić information content (AvgIpc) is 3.09. The molecule has 0 radical (unpaired) electrons. The third-order valence-electron chi connectivity index (χ3n) is 6.13. The molecule has 276 valence electrons. The highest BCUT2D eigenvalue weighted by atomic mass is 19.4. The lowest BCUT2D eigenvalue weighted by Gasteiger charge is -2.13. The van der Waals surface area contributed by atoms with Crippen LogP contribution in [0.2, 0.25) is 0 Å². The topological polar surface area (TPSA) is 138 Å². The van der Waals surface area contributed by atoms with E-state index in [4.69, 9.17) is 42.6 Å². The lowest BCUT2D eigenvalue weighted by Crippen LogP contribution is -2.16. The second-order valence-electron chi connectivity index (χ2n) is 9.80. The molecular formula is C33H46F3NO12. The number of nitrogens with one attached hydrogen (secondary N) is 1. The molecule has 0 aliphatic carbocycles. The van der Waals surface area contributed by atoms with Crippen LogP contribution in [0.5, 0.6) is 0 Å². The lowest BCUT2D eigenvalue weighted by atomic mass is 10.1. The van der Waals surface area contributed by atoms with E-state index in [1.54, 1.807) is 18.2 Å². The van der Waals surface area contributed by atoms with Crippen molar-refractivity contribution in [1.82, 2.24) is 0 Å². The fourth-order valence-corrected chi connectivity index (χ4v) is 3.72. The zero-order valence-electron chi connectivity index (χ0n) is 27.7. The van der Waals surface area contributed by atoms with E-state index in [1.165, 1.54) is 25.3 Å². The molecular weight excluding hydrogens is 659 g/mol. The van der Waals surface area contributed by atoms with Crippen molar-refractivity contribution in [2.24, 2.45) is 0 Å². The van der Waals surface area contributed by atoms with Crippen LogP contribution in [-0.4, -0.2) is 131 Å². The van der Waals surface area contributed by atoms with E-state index in [0.717, 1.165) is 12.1 Å². The van der Waals surface area contributed by atoms with E-state index >= 15 is 0 Å². The molecule has 0 saturated heterocycles. The van der Waals surface area contributed by atoms with Gasteiger partial charge < -0.3 is 52.7 Å². The Morgan fingerprint density at radius 2 is 1.04 bits per heavy atom. The highest BCUT2D eigenvalue weighted by Gasteiger charge is 2.30. The predicted octanol–water partition coefficient (Wildman–Crippen LogP) is 3.91. The fraction of sp³-hybridized carbons (Fsp3) is 0.576. The molecule has 13 nitrogen and oxygen atoms in total. The van der Waals surface area contributed by atoms with Gasteiger partial charge in [-0.25, -0.2) is 9.59 Å². The van der Waals surface area contributed by atoms with Gasteiger partial charge in [0, 0.05) is 5.69 Å². The molecule has 16 heteroatoms. The zero-order valence-corrected chi connectivity index (χ0v) is 27.7.